The van der Waals surface area contributed by atoms with Gasteiger partial charge in [-0.3, -0.25) is 9.59 Å². The van der Waals surface area contributed by atoms with Gasteiger partial charge in [-0.2, -0.15) is 0 Å². The molecule has 0 radical (unpaired) electrons. The van der Waals surface area contributed by atoms with Crippen LogP contribution >= 0.6 is 0 Å². The predicted octanol–water partition coefficient (Wildman–Crippen LogP) is 5.06. The summed E-state index contributed by atoms with van der Waals surface area (Å²) in [4.78, 5) is 25.3. The second-order valence-corrected chi connectivity index (χ2v) is 6.77. The normalized spacial score (nSPS) is 11.5. The molecule has 3 rings (SSSR count). The van der Waals surface area contributed by atoms with Crippen molar-refractivity contribution in [1.29, 1.82) is 0 Å². The van der Waals surface area contributed by atoms with Gasteiger partial charge in [0.25, 0.3) is 5.91 Å². The van der Waals surface area contributed by atoms with Crippen LogP contribution in [0.25, 0.3) is 12.2 Å². The summed E-state index contributed by atoms with van der Waals surface area (Å²) in [5.74, 6) is -0.156. The average molecular weight is 425 g/mol. The van der Waals surface area contributed by atoms with Crippen LogP contribution in [0.3, 0.4) is 0 Å². The number of amides is 2. The van der Waals surface area contributed by atoms with Crippen LogP contribution in [0.1, 0.15) is 11.1 Å². The number of methoxy groups -OCH3 is 1. The predicted molar refractivity (Wildman–Crippen MR) is 129 cm³/mol. The highest BCUT2D eigenvalue weighted by Gasteiger charge is 2.11. The van der Waals surface area contributed by atoms with E-state index in [1.807, 2.05) is 66.7 Å². The highest BCUT2D eigenvalue weighted by atomic mass is 16.5. The molecule has 0 saturated heterocycles. The number of ether oxygens (including phenoxy) is 1. The zero-order valence-electron chi connectivity index (χ0n) is 17.7. The van der Waals surface area contributed by atoms with Crippen LogP contribution in [0.4, 0.5) is 5.69 Å². The van der Waals surface area contributed by atoms with E-state index in [4.69, 9.17) is 4.74 Å². The first-order valence-electron chi connectivity index (χ1n) is 10.1. The van der Waals surface area contributed by atoms with E-state index in [-0.39, 0.29) is 5.70 Å². The number of hydrogen-bond acceptors (Lipinski definition) is 3. The van der Waals surface area contributed by atoms with Gasteiger partial charge in [0, 0.05) is 11.8 Å². The number of benzene rings is 3. The first-order valence-corrected chi connectivity index (χ1v) is 10.1. The fourth-order valence-electron chi connectivity index (χ4n) is 2.78. The minimum absolute atomic E-state index is 0.121. The molecule has 0 saturated carbocycles. The van der Waals surface area contributed by atoms with E-state index in [2.05, 4.69) is 10.6 Å². The van der Waals surface area contributed by atoms with Crippen molar-refractivity contribution in [2.24, 2.45) is 0 Å². The molecule has 2 N–H and O–H groups in total. The molecule has 3 aromatic rings. The third-order valence-electron chi connectivity index (χ3n) is 4.43. The van der Waals surface area contributed by atoms with Crippen LogP contribution in [0.5, 0.6) is 5.75 Å². The fraction of sp³-hybridized carbons (Fsp3) is 0.0370. The Morgan fingerprint density at radius 2 is 1.38 bits per heavy atom. The molecule has 0 bridgehead atoms. The minimum Gasteiger partial charge on any atom is -0.497 e. The molecule has 0 aromatic heterocycles. The Bertz CT molecular complexity index is 1120. The minimum atomic E-state index is -0.436. The van der Waals surface area contributed by atoms with Crippen molar-refractivity contribution in [2.45, 2.75) is 0 Å². The summed E-state index contributed by atoms with van der Waals surface area (Å²) in [6, 6.07) is 26.1. The van der Waals surface area contributed by atoms with Gasteiger partial charge in [0.05, 0.1) is 7.11 Å². The van der Waals surface area contributed by atoms with Gasteiger partial charge in [-0.15, -0.1) is 0 Å². The molecule has 5 nitrogen and oxygen atoms in total. The Labute approximate surface area is 187 Å². The molecule has 0 atom stereocenters. The van der Waals surface area contributed by atoms with E-state index >= 15 is 0 Å². The number of allylic oxidation sites excluding steroid dienone is 2. The van der Waals surface area contributed by atoms with Crippen LogP contribution in [0.2, 0.25) is 0 Å². The van der Waals surface area contributed by atoms with E-state index in [9.17, 15) is 9.59 Å². The molecule has 0 fully saturated rings. The molecule has 0 heterocycles. The van der Waals surface area contributed by atoms with Gasteiger partial charge in [0.2, 0.25) is 5.91 Å². The summed E-state index contributed by atoms with van der Waals surface area (Å²) >= 11 is 0. The van der Waals surface area contributed by atoms with Crippen molar-refractivity contribution in [1.82, 2.24) is 5.32 Å². The van der Waals surface area contributed by atoms with Crippen molar-refractivity contribution < 1.29 is 14.3 Å². The quantitative estimate of drug-likeness (QED) is 0.392. The van der Waals surface area contributed by atoms with E-state index in [1.54, 1.807) is 49.6 Å². The Morgan fingerprint density at radius 1 is 0.781 bits per heavy atom. The van der Waals surface area contributed by atoms with Crippen molar-refractivity contribution in [3.63, 3.8) is 0 Å². The number of carbonyl (C=O) groups excluding carboxylic acids is 2. The maximum Gasteiger partial charge on any atom is 0.272 e. The fourth-order valence-corrected chi connectivity index (χ4v) is 2.78. The molecule has 0 aliphatic heterocycles. The molecular weight excluding hydrogens is 400 g/mol. The smallest absolute Gasteiger partial charge is 0.272 e. The van der Waals surface area contributed by atoms with Crippen LogP contribution in [0, 0.1) is 0 Å². The van der Waals surface area contributed by atoms with Gasteiger partial charge < -0.3 is 15.4 Å². The third-order valence-corrected chi connectivity index (χ3v) is 4.43. The molecular formula is C27H24N2O3. The lowest BCUT2D eigenvalue weighted by molar-refractivity contribution is -0.118. The summed E-state index contributed by atoms with van der Waals surface area (Å²) in [5, 5.41) is 5.45. The first kappa shape index (κ1) is 22.3. The molecule has 32 heavy (non-hydrogen) atoms. The second-order valence-electron chi connectivity index (χ2n) is 6.77. The van der Waals surface area contributed by atoms with Crippen molar-refractivity contribution in [2.75, 3.05) is 12.4 Å². The number of nitrogens with one attached hydrogen (secondary N) is 2. The zero-order chi connectivity index (χ0) is 22.6. The van der Waals surface area contributed by atoms with Crippen LogP contribution in [-0.4, -0.2) is 18.9 Å². The van der Waals surface area contributed by atoms with E-state index in [1.165, 1.54) is 6.08 Å². The maximum atomic E-state index is 12.8. The lowest BCUT2D eigenvalue weighted by Crippen LogP contribution is -2.29. The maximum absolute atomic E-state index is 12.8. The van der Waals surface area contributed by atoms with Crippen molar-refractivity contribution >= 4 is 29.7 Å². The summed E-state index contributed by atoms with van der Waals surface area (Å²) in [6.07, 6.45) is 8.23. The Kier molecular flexibility index (Phi) is 8.17. The lowest BCUT2D eigenvalue weighted by atomic mass is 10.2. The summed E-state index contributed by atoms with van der Waals surface area (Å²) in [6.45, 7) is 0. The van der Waals surface area contributed by atoms with E-state index < -0.39 is 11.8 Å². The number of anilines is 1. The largest absolute Gasteiger partial charge is 0.497 e. The Balaban J connectivity index is 1.75. The van der Waals surface area contributed by atoms with Crippen LogP contribution < -0.4 is 15.4 Å². The molecule has 5 heteroatoms. The monoisotopic (exact) mass is 424 g/mol. The average Bonchev–Trinajstić information content (AvgIpc) is 2.84. The van der Waals surface area contributed by atoms with Gasteiger partial charge in [-0.25, -0.2) is 0 Å². The highest BCUT2D eigenvalue weighted by Crippen LogP contribution is 2.15. The Morgan fingerprint density at radius 3 is 1.97 bits per heavy atom. The SMILES string of the molecule is COc1ccc(NC(=O)/C(=C/C=C/c2ccccc2)NC(=O)C=Cc2ccccc2)cc1. The number of hydrogen-bond donors (Lipinski definition) is 2. The van der Waals surface area contributed by atoms with Gasteiger partial charge in [-0.05, 0) is 47.5 Å². The molecule has 0 unspecified atom stereocenters. The highest BCUT2D eigenvalue weighted by molar-refractivity contribution is 6.07. The topological polar surface area (TPSA) is 67.4 Å². The molecule has 160 valence electrons. The molecule has 2 amide bonds. The van der Waals surface area contributed by atoms with Gasteiger partial charge in [-0.1, -0.05) is 72.8 Å². The van der Waals surface area contributed by atoms with Crippen molar-refractivity contribution in [3.8, 4) is 5.75 Å². The van der Waals surface area contributed by atoms with Crippen LogP contribution in [-0.2, 0) is 9.59 Å². The summed E-state index contributed by atoms with van der Waals surface area (Å²) in [7, 11) is 1.58. The Hall–Kier alpha value is -4.38. The molecule has 0 aliphatic rings. The van der Waals surface area contributed by atoms with Gasteiger partial charge in [0.1, 0.15) is 11.4 Å². The zero-order valence-corrected chi connectivity index (χ0v) is 17.7. The first-order chi connectivity index (χ1) is 15.6. The van der Waals surface area contributed by atoms with E-state index in [0.717, 1.165) is 11.1 Å². The number of rotatable bonds is 8. The van der Waals surface area contributed by atoms with Crippen molar-refractivity contribution in [3.05, 3.63) is 120 Å². The number of carbonyl (C=O) groups is 2. The summed E-state index contributed by atoms with van der Waals surface area (Å²) < 4.78 is 5.13. The molecule has 0 spiro atoms. The summed E-state index contributed by atoms with van der Waals surface area (Å²) in [5.41, 5.74) is 2.58. The third kappa shape index (κ3) is 7.15. The second kappa shape index (κ2) is 11.7. The van der Waals surface area contributed by atoms with Gasteiger partial charge in [0.15, 0.2) is 0 Å². The van der Waals surface area contributed by atoms with Crippen LogP contribution in [0.15, 0.2) is 109 Å². The lowest BCUT2D eigenvalue weighted by Gasteiger charge is -2.10. The molecule has 0 aliphatic carbocycles. The standard InChI is InChI=1S/C27H24N2O3/c1-32-24-18-16-23(17-19-24)28-27(31)25(14-8-13-21-9-4-2-5-10-21)29-26(30)20-15-22-11-6-3-7-12-22/h2-20H,1H3,(H,28,31)(H,29,30)/b13-8+,20-15?,25-14-. The molecule has 3 aromatic carbocycles. The van der Waals surface area contributed by atoms with Gasteiger partial charge >= 0.3 is 0 Å². The van der Waals surface area contributed by atoms with E-state index in [0.29, 0.717) is 11.4 Å².